The Morgan fingerprint density at radius 1 is 0.912 bits per heavy atom. The van der Waals surface area contributed by atoms with Crippen molar-refractivity contribution in [2.24, 2.45) is 0 Å². The van der Waals surface area contributed by atoms with Gasteiger partial charge in [-0.3, -0.25) is 9.59 Å². The zero-order chi connectivity index (χ0) is 24.0. The van der Waals surface area contributed by atoms with Crippen molar-refractivity contribution < 1.29 is 18.0 Å². The molecule has 1 unspecified atom stereocenters. The highest BCUT2D eigenvalue weighted by Crippen LogP contribution is 2.25. The predicted octanol–water partition coefficient (Wildman–Crippen LogP) is 2.82. The highest BCUT2D eigenvalue weighted by Gasteiger charge is 2.27. The van der Waals surface area contributed by atoms with E-state index >= 15 is 0 Å². The second-order valence-electron chi connectivity index (χ2n) is 8.26. The molecule has 176 valence electrons. The fourth-order valence-corrected chi connectivity index (χ4v) is 5.16. The summed E-state index contributed by atoms with van der Waals surface area (Å²) in [4.78, 5) is 24.7. The Morgan fingerprint density at radius 3 is 2.29 bits per heavy atom. The molecule has 1 atom stereocenters. The van der Waals surface area contributed by atoms with Gasteiger partial charge in [0, 0.05) is 18.7 Å². The number of hydrogen-bond acceptors (Lipinski definition) is 4. The third-order valence-electron chi connectivity index (χ3n) is 5.73. The zero-order valence-electron chi connectivity index (χ0n) is 18.7. The number of sulfonamides is 1. The number of fused-ring (bicyclic) bond motifs is 1. The molecule has 2 amide bonds. The Hall–Kier alpha value is -3.49. The summed E-state index contributed by atoms with van der Waals surface area (Å²) in [5, 5.41) is 5.62. The largest absolute Gasteiger partial charge is 0.354 e. The molecule has 4 rings (SSSR count). The van der Waals surface area contributed by atoms with E-state index in [1.54, 1.807) is 12.1 Å². The molecule has 0 saturated carbocycles. The molecule has 1 aliphatic rings. The molecule has 0 fully saturated rings. The summed E-state index contributed by atoms with van der Waals surface area (Å²) in [5.74, 6) is -0.468. The number of amides is 2. The second kappa shape index (κ2) is 10.6. The topological polar surface area (TPSA) is 104 Å². The van der Waals surface area contributed by atoms with Crippen molar-refractivity contribution in [3.8, 4) is 0 Å². The van der Waals surface area contributed by atoms with Gasteiger partial charge < -0.3 is 10.6 Å². The SMILES string of the molecule is O=C1CCc2cc(S(=O)(=O)NC(Cc3ccccc3)C(=O)NCCc3ccccc3)ccc2N1. The fraction of sp³-hybridized carbons (Fsp3) is 0.231. The van der Waals surface area contributed by atoms with Crippen LogP contribution in [0, 0.1) is 0 Å². The summed E-state index contributed by atoms with van der Waals surface area (Å²) in [5.41, 5.74) is 3.31. The maximum Gasteiger partial charge on any atom is 0.241 e. The van der Waals surface area contributed by atoms with E-state index in [1.807, 2.05) is 60.7 Å². The normalized spacial score (nSPS) is 14.1. The van der Waals surface area contributed by atoms with Crippen LogP contribution in [0.4, 0.5) is 5.69 Å². The molecule has 34 heavy (non-hydrogen) atoms. The number of carbonyl (C=O) groups is 2. The molecule has 0 aliphatic carbocycles. The molecule has 0 spiro atoms. The van der Waals surface area contributed by atoms with Crippen LogP contribution in [0.1, 0.15) is 23.1 Å². The molecule has 0 bridgehead atoms. The number of benzene rings is 3. The van der Waals surface area contributed by atoms with Crippen LogP contribution in [0.25, 0.3) is 0 Å². The first-order chi connectivity index (χ1) is 16.4. The first-order valence-corrected chi connectivity index (χ1v) is 12.7. The first kappa shape index (κ1) is 23.7. The van der Waals surface area contributed by atoms with Gasteiger partial charge >= 0.3 is 0 Å². The third-order valence-corrected chi connectivity index (χ3v) is 7.20. The summed E-state index contributed by atoms with van der Waals surface area (Å²) in [6.07, 6.45) is 1.65. The first-order valence-electron chi connectivity index (χ1n) is 11.2. The van der Waals surface area contributed by atoms with Crippen molar-refractivity contribution in [1.29, 1.82) is 0 Å². The minimum Gasteiger partial charge on any atom is -0.354 e. The summed E-state index contributed by atoms with van der Waals surface area (Å²) < 4.78 is 29.0. The van der Waals surface area contributed by atoms with E-state index < -0.39 is 16.1 Å². The monoisotopic (exact) mass is 477 g/mol. The van der Waals surface area contributed by atoms with Gasteiger partial charge in [0.15, 0.2) is 0 Å². The predicted molar refractivity (Wildman–Crippen MR) is 131 cm³/mol. The molecule has 0 aromatic heterocycles. The van der Waals surface area contributed by atoms with Gasteiger partial charge in [0.2, 0.25) is 21.8 Å². The quantitative estimate of drug-likeness (QED) is 0.441. The Morgan fingerprint density at radius 2 is 1.59 bits per heavy atom. The number of anilines is 1. The Kier molecular flexibility index (Phi) is 7.40. The number of aryl methyl sites for hydroxylation is 1. The van der Waals surface area contributed by atoms with E-state index in [0.29, 0.717) is 31.5 Å². The van der Waals surface area contributed by atoms with Crippen LogP contribution >= 0.6 is 0 Å². The number of carbonyl (C=O) groups excluding carboxylic acids is 2. The van der Waals surface area contributed by atoms with Gasteiger partial charge in [-0.1, -0.05) is 60.7 Å². The lowest BCUT2D eigenvalue weighted by Crippen LogP contribution is -2.48. The standard InChI is InChI=1S/C26H27N3O4S/c30-25-14-11-21-18-22(12-13-23(21)28-25)34(32,33)29-24(17-20-9-5-2-6-10-20)26(31)27-16-15-19-7-3-1-4-8-19/h1-10,12-13,18,24,29H,11,14-17H2,(H,27,31)(H,28,30). The van der Waals surface area contributed by atoms with E-state index in [9.17, 15) is 18.0 Å². The lowest BCUT2D eigenvalue weighted by Gasteiger charge is -2.21. The van der Waals surface area contributed by atoms with Crippen LogP contribution < -0.4 is 15.4 Å². The van der Waals surface area contributed by atoms with Crippen LogP contribution in [-0.4, -0.2) is 32.8 Å². The van der Waals surface area contributed by atoms with Gasteiger partial charge in [0.1, 0.15) is 6.04 Å². The fourth-order valence-electron chi connectivity index (χ4n) is 3.92. The molecule has 8 heteroatoms. The van der Waals surface area contributed by atoms with Crippen LogP contribution in [0.3, 0.4) is 0 Å². The summed E-state index contributed by atoms with van der Waals surface area (Å²) in [7, 11) is -3.97. The van der Waals surface area contributed by atoms with Crippen LogP contribution in [0.5, 0.6) is 0 Å². The van der Waals surface area contributed by atoms with Gasteiger partial charge in [-0.15, -0.1) is 0 Å². The third kappa shape index (κ3) is 6.09. The number of rotatable bonds is 9. The van der Waals surface area contributed by atoms with Crippen LogP contribution in [0.15, 0.2) is 83.8 Å². The van der Waals surface area contributed by atoms with Crippen LogP contribution in [-0.2, 0) is 38.9 Å². The highest BCUT2D eigenvalue weighted by molar-refractivity contribution is 7.89. The lowest BCUT2D eigenvalue weighted by atomic mass is 10.0. The Bertz CT molecular complexity index is 1260. The molecule has 3 N–H and O–H groups in total. The Labute approximate surface area is 199 Å². The van der Waals surface area contributed by atoms with Gasteiger partial charge in [0.25, 0.3) is 0 Å². The van der Waals surface area contributed by atoms with Crippen molar-refractivity contribution >= 4 is 27.5 Å². The maximum atomic E-state index is 13.2. The van der Waals surface area contributed by atoms with Crippen molar-refractivity contribution in [1.82, 2.24) is 10.0 Å². The molecule has 0 saturated heterocycles. The Balaban J connectivity index is 1.50. The average molecular weight is 478 g/mol. The molecule has 1 aliphatic heterocycles. The van der Waals surface area contributed by atoms with Gasteiger partial charge in [-0.25, -0.2) is 8.42 Å². The van der Waals surface area contributed by atoms with Crippen molar-refractivity contribution in [3.05, 3.63) is 95.6 Å². The van der Waals surface area contributed by atoms with E-state index in [1.165, 1.54) is 6.07 Å². The smallest absolute Gasteiger partial charge is 0.241 e. The van der Waals surface area contributed by atoms with Crippen molar-refractivity contribution in [3.63, 3.8) is 0 Å². The molecule has 3 aromatic carbocycles. The van der Waals surface area contributed by atoms with E-state index in [4.69, 9.17) is 0 Å². The number of hydrogen-bond donors (Lipinski definition) is 3. The van der Waals surface area contributed by atoms with E-state index in [2.05, 4.69) is 15.4 Å². The van der Waals surface area contributed by atoms with E-state index in [-0.39, 0.29) is 23.1 Å². The molecule has 3 aromatic rings. The summed E-state index contributed by atoms with van der Waals surface area (Å²) in [6, 6.07) is 22.7. The maximum absolute atomic E-state index is 13.2. The summed E-state index contributed by atoms with van der Waals surface area (Å²) >= 11 is 0. The van der Waals surface area contributed by atoms with Crippen molar-refractivity contribution in [2.75, 3.05) is 11.9 Å². The second-order valence-corrected chi connectivity index (χ2v) is 9.97. The van der Waals surface area contributed by atoms with Gasteiger partial charge in [0.05, 0.1) is 4.90 Å². The molecular weight excluding hydrogens is 450 g/mol. The highest BCUT2D eigenvalue weighted by atomic mass is 32.2. The van der Waals surface area contributed by atoms with E-state index in [0.717, 1.165) is 16.7 Å². The van der Waals surface area contributed by atoms with Gasteiger partial charge in [-0.05, 0) is 54.2 Å². The molecular formula is C26H27N3O4S. The lowest BCUT2D eigenvalue weighted by molar-refractivity contribution is -0.122. The zero-order valence-corrected chi connectivity index (χ0v) is 19.5. The average Bonchev–Trinajstić information content (AvgIpc) is 2.84. The summed E-state index contributed by atoms with van der Waals surface area (Å²) in [6.45, 7) is 0.397. The molecule has 1 heterocycles. The van der Waals surface area contributed by atoms with Gasteiger partial charge in [-0.2, -0.15) is 4.72 Å². The minimum absolute atomic E-state index is 0.0672. The molecule has 0 radical (unpaired) electrons. The van der Waals surface area contributed by atoms with Crippen LogP contribution in [0.2, 0.25) is 0 Å². The minimum atomic E-state index is -3.97. The number of nitrogens with one attached hydrogen (secondary N) is 3. The van der Waals surface area contributed by atoms with Crippen molar-refractivity contribution in [2.45, 2.75) is 36.6 Å². The molecule has 7 nitrogen and oxygen atoms in total.